The summed E-state index contributed by atoms with van der Waals surface area (Å²) >= 11 is 2.97. The molecule has 3 nitrogen and oxygen atoms in total. The Morgan fingerprint density at radius 1 is 1.41 bits per heavy atom. The third kappa shape index (κ3) is 2.71. The number of anilines is 1. The van der Waals surface area contributed by atoms with Crippen molar-refractivity contribution >= 4 is 27.6 Å². The fraction of sp³-hybridized carbons (Fsp3) is 0.300. The number of nitrogens with one attached hydrogen (secondary N) is 1. The van der Waals surface area contributed by atoms with E-state index in [9.17, 15) is 18.0 Å². The van der Waals surface area contributed by atoms with Crippen LogP contribution in [0.4, 0.5) is 23.7 Å². The fourth-order valence-corrected chi connectivity index (χ4v) is 1.68. The Kier molecular flexibility index (Phi) is 3.03. The van der Waals surface area contributed by atoms with Crippen molar-refractivity contribution in [3.63, 3.8) is 0 Å². The number of hydrogen-bond acceptors (Lipinski definition) is 1. The molecule has 1 aliphatic heterocycles. The maximum Gasteiger partial charge on any atom is 0.322 e. The molecule has 0 unspecified atom stereocenters. The van der Waals surface area contributed by atoms with E-state index in [2.05, 4.69) is 21.2 Å². The molecular weight excluding hydrogens is 301 g/mol. The lowest BCUT2D eigenvalue weighted by Crippen LogP contribution is -2.59. The first-order chi connectivity index (χ1) is 7.87. The number of urea groups is 1. The van der Waals surface area contributed by atoms with Gasteiger partial charge in [0.2, 0.25) is 0 Å². The molecule has 2 amide bonds. The van der Waals surface area contributed by atoms with Gasteiger partial charge >= 0.3 is 6.03 Å². The van der Waals surface area contributed by atoms with Gasteiger partial charge in [0.15, 0.2) is 0 Å². The van der Waals surface area contributed by atoms with E-state index in [0.717, 1.165) is 11.0 Å². The van der Waals surface area contributed by atoms with Gasteiger partial charge in [0.25, 0.3) is 5.92 Å². The summed E-state index contributed by atoms with van der Waals surface area (Å²) in [6.45, 7) is -1.20. The van der Waals surface area contributed by atoms with Crippen molar-refractivity contribution in [3.8, 4) is 0 Å². The number of benzene rings is 1. The molecule has 0 bridgehead atoms. The van der Waals surface area contributed by atoms with Crippen LogP contribution in [0.15, 0.2) is 22.7 Å². The van der Waals surface area contributed by atoms with Crippen LogP contribution in [0, 0.1) is 5.82 Å². The van der Waals surface area contributed by atoms with Gasteiger partial charge in [-0.05, 0) is 34.1 Å². The summed E-state index contributed by atoms with van der Waals surface area (Å²) < 4.78 is 38.4. The van der Waals surface area contributed by atoms with Gasteiger partial charge < -0.3 is 10.2 Å². The number of halogens is 4. The predicted octanol–water partition coefficient (Wildman–Crippen LogP) is 3.07. The highest BCUT2D eigenvalue weighted by molar-refractivity contribution is 9.10. The van der Waals surface area contributed by atoms with E-state index in [1.54, 1.807) is 0 Å². The van der Waals surface area contributed by atoms with E-state index < -0.39 is 30.9 Å². The minimum atomic E-state index is -2.80. The monoisotopic (exact) mass is 308 g/mol. The Morgan fingerprint density at radius 2 is 2.06 bits per heavy atom. The molecule has 1 aromatic rings. The first kappa shape index (κ1) is 12.2. The number of amides is 2. The molecular formula is C10H8BrF3N2O. The van der Waals surface area contributed by atoms with E-state index in [1.165, 1.54) is 12.1 Å². The molecule has 2 rings (SSSR count). The maximum atomic E-state index is 13.1. The van der Waals surface area contributed by atoms with Gasteiger partial charge in [-0.3, -0.25) is 0 Å². The van der Waals surface area contributed by atoms with Crippen molar-refractivity contribution in [1.29, 1.82) is 0 Å². The van der Waals surface area contributed by atoms with Crippen molar-refractivity contribution < 1.29 is 18.0 Å². The van der Waals surface area contributed by atoms with E-state index >= 15 is 0 Å². The number of alkyl halides is 2. The number of likely N-dealkylation sites (tertiary alicyclic amines) is 1. The van der Waals surface area contributed by atoms with Crippen LogP contribution < -0.4 is 5.32 Å². The minimum absolute atomic E-state index is 0.228. The lowest BCUT2D eigenvalue weighted by Gasteiger charge is -2.38. The standard InChI is InChI=1S/C10H8BrF3N2O/c11-7-2-1-6(3-8(7)12)15-9(17)16-4-10(13,14)5-16/h1-3H,4-5H2,(H,15,17). The molecule has 92 valence electrons. The van der Waals surface area contributed by atoms with Crippen LogP contribution in [-0.2, 0) is 0 Å². The molecule has 0 atom stereocenters. The Balaban J connectivity index is 1.97. The second-order valence-electron chi connectivity index (χ2n) is 3.77. The molecule has 0 saturated carbocycles. The zero-order valence-electron chi connectivity index (χ0n) is 8.51. The molecule has 0 aromatic heterocycles. The summed E-state index contributed by atoms with van der Waals surface area (Å²) in [5, 5.41) is 2.34. The van der Waals surface area contributed by atoms with E-state index in [-0.39, 0.29) is 10.2 Å². The summed E-state index contributed by atoms with van der Waals surface area (Å²) in [7, 11) is 0. The Morgan fingerprint density at radius 3 is 2.59 bits per heavy atom. The molecule has 7 heteroatoms. The fourth-order valence-electron chi connectivity index (χ4n) is 1.43. The van der Waals surface area contributed by atoms with Gasteiger partial charge in [-0.1, -0.05) is 0 Å². The van der Waals surface area contributed by atoms with Gasteiger partial charge in [-0.25, -0.2) is 18.0 Å². The zero-order valence-corrected chi connectivity index (χ0v) is 10.1. The molecule has 1 N–H and O–H groups in total. The molecule has 17 heavy (non-hydrogen) atoms. The maximum absolute atomic E-state index is 13.1. The Labute approximate surface area is 104 Å². The van der Waals surface area contributed by atoms with Gasteiger partial charge in [0.1, 0.15) is 5.82 Å². The first-order valence-corrected chi connectivity index (χ1v) is 5.55. The molecule has 1 saturated heterocycles. The number of carbonyl (C=O) groups excluding carboxylic acids is 1. The summed E-state index contributed by atoms with van der Waals surface area (Å²) in [4.78, 5) is 12.4. The van der Waals surface area contributed by atoms with Gasteiger partial charge in [-0.15, -0.1) is 0 Å². The van der Waals surface area contributed by atoms with Crippen molar-refractivity contribution in [2.24, 2.45) is 0 Å². The Bertz CT molecular complexity index is 459. The topological polar surface area (TPSA) is 32.3 Å². The number of rotatable bonds is 1. The van der Waals surface area contributed by atoms with Gasteiger partial charge in [0.05, 0.1) is 17.6 Å². The molecule has 0 radical (unpaired) electrons. The zero-order chi connectivity index (χ0) is 12.6. The van der Waals surface area contributed by atoms with Crippen LogP contribution in [0.1, 0.15) is 0 Å². The molecule has 1 aromatic carbocycles. The third-order valence-electron chi connectivity index (χ3n) is 2.30. The lowest BCUT2D eigenvalue weighted by atomic mass is 10.2. The van der Waals surface area contributed by atoms with E-state index in [4.69, 9.17) is 0 Å². The van der Waals surface area contributed by atoms with Crippen molar-refractivity contribution in [2.75, 3.05) is 18.4 Å². The van der Waals surface area contributed by atoms with Crippen LogP contribution in [0.3, 0.4) is 0 Å². The average molecular weight is 309 g/mol. The number of carbonyl (C=O) groups is 1. The van der Waals surface area contributed by atoms with Crippen LogP contribution in [-0.4, -0.2) is 29.9 Å². The quantitative estimate of drug-likeness (QED) is 0.849. The van der Waals surface area contributed by atoms with Gasteiger partial charge in [0, 0.05) is 5.69 Å². The van der Waals surface area contributed by atoms with Crippen LogP contribution >= 0.6 is 15.9 Å². The second-order valence-corrected chi connectivity index (χ2v) is 4.63. The van der Waals surface area contributed by atoms with Crippen LogP contribution in [0.25, 0.3) is 0 Å². The molecule has 1 aliphatic rings. The predicted molar refractivity (Wildman–Crippen MR) is 59.6 cm³/mol. The smallest absolute Gasteiger partial charge is 0.312 e. The van der Waals surface area contributed by atoms with E-state index in [1.807, 2.05) is 0 Å². The summed E-state index contributed by atoms with van der Waals surface area (Å²) in [5.74, 6) is -3.33. The highest BCUT2D eigenvalue weighted by atomic mass is 79.9. The Hall–Kier alpha value is -1.24. The molecule has 0 spiro atoms. The average Bonchev–Trinajstić information content (AvgIpc) is 2.20. The normalized spacial score (nSPS) is 17.5. The van der Waals surface area contributed by atoms with Crippen molar-refractivity contribution in [1.82, 2.24) is 4.90 Å². The first-order valence-electron chi connectivity index (χ1n) is 4.76. The van der Waals surface area contributed by atoms with E-state index in [0.29, 0.717) is 0 Å². The summed E-state index contributed by atoms with van der Waals surface area (Å²) in [6.07, 6.45) is 0. The van der Waals surface area contributed by atoms with Gasteiger partial charge in [-0.2, -0.15) is 0 Å². The third-order valence-corrected chi connectivity index (χ3v) is 2.95. The van der Waals surface area contributed by atoms with Crippen molar-refractivity contribution in [2.45, 2.75) is 5.92 Å². The molecule has 1 heterocycles. The minimum Gasteiger partial charge on any atom is -0.312 e. The largest absolute Gasteiger partial charge is 0.322 e. The summed E-state index contributed by atoms with van der Waals surface area (Å²) in [6, 6.07) is 3.36. The highest BCUT2D eigenvalue weighted by Crippen LogP contribution is 2.27. The summed E-state index contributed by atoms with van der Waals surface area (Å²) in [5.41, 5.74) is 0.228. The molecule has 1 fully saturated rings. The molecule has 0 aliphatic carbocycles. The van der Waals surface area contributed by atoms with Crippen LogP contribution in [0.2, 0.25) is 0 Å². The van der Waals surface area contributed by atoms with Crippen LogP contribution in [0.5, 0.6) is 0 Å². The number of hydrogen-bond donors (Lipinski definition) is 1. The second kappa shape index (κ2) is 4.21. The highest BCUT2D eigenvalue weighted by Gasteiger charge is 2.46. The SMILES string of the molecule is O=C(Nc1ccc(Br)c(F)c1)N1CC(F)(F)C1. The van der Waals surface area contributed by atoms with Crippen molar-refractivity contribution in [3.05, 3.63) is 28.5 Å². The number of nitrogens with zero attached hydrogens (tertiary/aromatic N) is 1. The lowest BCUT2D eigenvalue weighted by molar-refractivity contribution is -0.107.